The van der Waals surface area contributed by atoms with E-state index < -0.39 is 15.8 Å². The molecule has 0 nitrogen and oxygen atoms in total. The summed E-state index contributed by atoms with van der Waals surface area (Å²) in [6, 6.07) is 90.8. The molecular formula is C65H46Au2P2+2. The minimum absolute atomic E-state index is 0. The van der Waals surface area contributed by atoms with E-state index in [0.29, 0.717) is 0 Å². The van der Waals surface area contributed by atoms with Gasteiger partial charge in [-0.25, -0.2) is 0 Å². The Kier molecular flexibility index (Phi) is 16.6. The van der Waals surface area contributed by atoms with Gasteiger partial charge in [0.05, 0.1) is 0 Å². The zero-order valence-electron chi connectivity index (χ0n) is 37.6. The summed E-state index contributed by atoms with van der Waals surface area (Å²) in [6.45, 7) is 0. The molecule has 0 aliphatic carbocycles. The molecule has 0 spiro atoms. The Hall–Kier alpha value is -6.34. The van der Waals surface area contributed by atoms with Crippen molar-refractivity contribution in [2.45, 2.75) is 0 Å². The molecule has 0 heterocycles. The molecular weight excluding hydrogens is 1240 g/mol. The molecule has 0 aromatic heterocycles. The van der Waals surface area contributed by atoms with Crippen molar-refractivity contribution in [3.63, 3.8) is 0 Å². The molecule has 0 atom stereocenters. The number of hydrogen-bond donors (Lipinski definition) is 0. The second-order valence-corrected chi connectivity index (χ2v) is 22.3. The van der Waals surface area contributed by atoms with Crippen molar-refractivity contribution in [1.82, 2.24) is 0 Å². The fraction of sp³-hybridized carbons (Fsp3) is 0.0154. The summed E-state index contributed by atoms with van der Waals surface area (Å²) in [6.07, 6.45) is 14.8. The minimum atomic E-state index is -0.847. The van der Waals surface area contributed by atoms with Gasteiger partial charge in [0, 0.05) is 0 Å². The first-order valence-electron chi connectivity index (χ1n) is 22.6. The van der Waals surface area contributed by atoms with Gasteiger partial charge in [0.2, 0.25) is 0 Å². The van der Waals surface area contributed by atoms with E-state index in [4.69, 9.17) is 12.8 Å². The number of rotatable bonds is 6. The van der Waals surface area contributed by atoms with Gasteiger partial charge in [-0.1, -0.05) is 168 Å². The Bertz CT molecular complexity index is 3420. The van der Waals surface area contributed by atoms with Gasteiger partial charge in [-0.3, -0.25) is 11.8 Å². The summed E-state index contributed by atoms with van der Waals surface area (Å²) < 4.78 is 0. The Morgan fingerprint density at radius 2 is 0.507 bits per heavy atom. The smallest absolute Gasteiger partial charge is 0.366 e. The predicted molar refractivity (Wildman–Crippen MR) is 296 cm³/mol. The third-order valence-corrected chi connectivity index (χ3v) is 19.5. The Morgan fingerprint density at radius 1 is 0.261 bits per heavy atom. The molecule has 4 heteroatoms. The van der Waals surface area contributed by atoms with Gasteiger partial charge in [-0.15, -0.1) is 23.3 Å². The van der Waals surface area contributed by atoms with Crippen molar-refractivity contribution in [2.75, 3.05) is 5.90 Å². The second kappa shape index (κ2) is 23.3. The van der Waals surface area contributed by atoms with Gasteiger partial charge >= 0.3 is 44.8 Å². The van der Waals surface area contributed by atoms with E-state index in [1.54, 1.807) is 0 Å². The summed E-state index contributed by atoms with van der Waals surface area (Å²) in [4.78, 5) is 0. The van der Waals surface area contributed by atoms with Crippen molar-refractivity contribution < 1.29 is 44.8 Å². The standard InChI is InChI=1S/C25H22P2.2C20H11.2Au/c1-5-13-22(14-6-1)26(23-15-7-2-8-16-23)21-27(24-17-9-3-10-18-24)25-19-11-4-12-20-25;2*1-2-14-8-5-9-17-12-18-10-15-6-3-4-7-16(15)11-19(18)13-20(14)17;;/h1-20H,21H2;2*3-13H;;/q;2*-1;2*+1/p+2. The van der Waals surface area contributed by atoms with E-state index in [1.807, 2.05) is 24.3 Å². The van der Waals surface area contributed by atoms with Gasteiger partial charge < -0.3 is 12.8 Å². The summed E-state index contributed by atoms with van der Waals surface area (Å²) in [5.41, 5.74) is 1.69. The van der Waals surface area contributed by atoms with Crippen molar-refractivity contribution in [2.24, 2.45) is 0 Å². The van der Waals surface area contributed by atoms with Gasteiger partial charge in [-0.2, -0.15) is 0 Å². The van der Waals surface area contributed by atoms with Gasteiger partial charge in [0.15, 0.2) is 5.90 Å². The average molecular weight is 1280 g/mol. The van der Waals surface area contributed by atoms with Crippen molar-refractivity contribution in [1.29, 1.82) is 0 Å². The van der Waals surface area contributed by atoms with E-state index in [9.17, 15) is 0 Å². The van der Waals surface area contributed by atoms with Crippen LogP contribution in [0.2, 0.25) is 0 Å². The third-order valence-electron chi connectivity index (χ3n) is 12.5. The summed E-state index contributed by atoms with van der Waals surface area (Å²) in [5, 5.41) is 20.4. The summed E-state index contributed by atoms with van der Waals surface area (Å²) >= 11 is 0. The minimum Gasteiger partial charge on any atom is -0.366 e. The molecule has 69 heavy (non-hydrogen) atoms. The Morgan fingerprint density at radius 3 is 0.797 bits per heavy atom. The average Bonchev–Trinajstić information content (AvgIpc) is 3.39. The largest absolute Gasteiger partial charge is 1.00 e. The monoisotopic (exact) mass is 1280 g/mol. The number of fused-ring (bicyclic) bond motifs is 6. The van der Waals surface area contributed by atoms with E-state index in [2.05, 4.69) is 242 Å². The maximum atomic E-state index is 7.41. The van der Waals surface area contributed by atoms with Crippen molar-refractivity contribution in [3.05, 3.63) is 279 Å². The quantitative estimate of drug-likeness (QED) is 0.0512. The zero-order valence-corrected chi connectivity index (χ0v) is 43.9. The van der Waals surface area contributed by atoms with Crippen LogP contribution in [0.3, 0.4) is 0 Å². The second-order valence-electron chi connectivity index (χ2n) is 16.7. The van der Waals surface area contributed by atoms with E-state index in [0.717, 1.165) is 32.7 Å². The zero-order chi connectivity index (χ0) is 45.4. The molecule has 0 amide bonds. The van der Waals surface area contributed by atoms with Crippen LogP contribution in [0.1, 0.15) is 11.1 Å². The molecule has 0 saturated heterocycles. The molecule has 0 aliphatic rings. The topological polar surface area (TPSA) is 0 Å². The van der Waals surface area contributed by atoms with Crippen LogP contribution in [0.4, 0.5) is 0 Å². The van der Waals surface area contributed by atoms with Crippen LogP contribution in [-0.4, -0.2) is 5.90 Å². The molecule has 0 N–H and O–H groups in total. The Labute approximate surface area is 439 Å². The molecule has 12 rings (SSSR count). The molecule has 0 fully saturated rings. The Balaban J connectivity index is 0.000000140. The van der Waals surface area contributed by atoms with Crippen LogP contribution in [0.5, 0.6) is 0 Å². The van der Waals surface area contributed by atoms with E-state index in [1.165, 1.54) is 70.2 Å². The molecule has 0 unspecified atom stereocenters. The first kappa shape index (κ1) is 49.1. The summed E-state index contributed by atoms with van der Waals surface area (Å²) in [7, 11) is -1.69. The maximum Gasteiger partial charge on any atom is 1.00 e. The fourth-order valence-corrected chi connectivity index (χ4v) is 16.9. The van der Waals surface area contributed by atoms with Gasteiger partial charge in [0.1, 0.15) is 37.1 Å². The molecule has 336 valence electrons. The molecule has 0 radical (unpaired) electrons. The number of benzene rings is 12. The number of hydrogen-bond acceptors (Lipinski definition) is 0. The molecule has 12 aromatic carbocycles. The first-order chi connectivity index (χ1) is 33.1. The van der Waals surface area contributed by atoms with Crippen LogP contribution in [0.25, 0.3) is 64.6 Å². The van der Waals surface area contributed by atoms with Crippen LogP contribution in [0, 0.1) is 24.7 Å². The SMILES string of the molecule is [Au+].[Au+].[C-]#Cc1cccc2cc3cc4ccccc4cc3cc12.[C-]#Cc1cccc2cc3cc4ccccc4cc3cc12.c1ccc([PH+](C[PH+](c2ccccc2)c2ccccc2)c2ccccc2)cc1. The van der Waals surface area contributed by atoms with Crippen LogP contribution in [-0.2, 0) is 44.8 Å². The first-order valence-corrected chi connectivity index (χ1v) is 26.0. The molecule has 12 aromatic rings. The summed E-state index contributed by atoms with van der Waals surface area (Å²) in [5.74, 6) is 6.29. The van der Waals surface area contributed by atoms with E-state index in [-0.39, 0.29) is 44.8 Å². The fourth-order valence-electron chi connectivity index (χ4n) is 9.13. The van der Waals surface area contributed by atoms with Gasteiger partial charge in [0.25, 0.3) is 0 Å². The van der Waals surface area contributed by atoms with Crippen LogP contribution in [0.15, 0.2) is 255 Å². The molecule has 0 bridgehead atoms. The third kappa shape index (κ3) is 11.3. The van der Waals surface area contributed by atoms with Crippen LogP contribution >= 0.6 is 15.8 Å². The maximum absolute atomic E-state index is 7.41. The molecule has 0 saturated carbocycles. The van der Waals surface area contributed by atoms with E-state index >= 15 is 0 Å². The van der Waals surface area contributed by atoms with Crippen molar-refractivity contribution in [3.8, 4) is 11.8 Å². The van der Waals surface area contributed by atoms with Crippen LogP contribution < -0.4 is 21.2 Å². The predicted octanol–water partition coefficient (Wildman–Crippen LogP) is 14.8. The van der Waals surface area contributed by atoms with Crippen molar-refractivity contribution >= 4 is 102 Å². The normalized spacial score (nSPS) is 10.7. The van der Waals surface area contributed by atoms with Gasteiger partial charge in [-0.05, 0) is 139 Å². The molecule has 0 aliphatic heterocycles.